The Bertz CT molecular complexity index is 1060. The van der Waals surface area contributed by atoms with Crippen LogP contribution in [-0.2, 0) is 7.05 Å². The Kier molecular flexibility index (Phi) is 3.53. The van der Waals surface area contributed by atoms with Crippen LogP contribution in [0.2, 0.25) is 0 Å². The molecule has 7 heteroatoms. The summed E-state index contributed by atoms with van der Waals surface area (Å²) < 4.78 is 3.48. The molecule has 4 aromatic rings. The summed E-state index contributed by atoms with van der Waals surface area (Å²) in [6, 6.07) is 11.6. The molecule has 0 aliphatic carbocycles. The van der Waals surface area contributed by atoms with Crippen molar-refractivity contribution in [2.45, 2.75) is 6.92 Å². The van der Waals surface area contributed by atoms with E-state index in [2.05, 4.69) is 20.6 Å². The molecule has 124 valence electrons. The number of nitrogens with zero attached hydrogens (tertiary/aromatic N) is 5. The summed E-state index contributed by atoms with van der Waals surface area (Å²) in [5.41, 5.74) is 4.93. The average Bonchev–Trinajstić information content (AvgIpc) is 3.21. The number of amides is 1. The predicted molar refractivity (Wildman–Crippen MR) is 94.3 cm³/mol. The van der Waals surface area contributed by atoms with Crippen molar-refractivity contribution in [2.75, 3.05) is 5.32 Å². The Hall–Kier alpha value is -3.48. The number of carbonyl (C=O) groups excluding carboxylic acids is 1. The van der Waals surface area contributed by atoms with Gasteiger partial charge in [0.1, 0.15) is 5.65 Å². The average molecular weight is 332 g/mol. The van der Waals surface area contributed by atoms with Gasteiger partial charge in [-0.25, -0.2) is 4.98 Å². The van der Waals surface area contributed by atoms with Crippen LogP contribution in [0, 0.1) is 6.92 Å². The summed E-state index contributed by atoms with van der Waals surface area (Å²) in [4.78, 5) is 16.7. The van der Waals surface area contributed by atoms with Crippen molar-refractivity contribution in [3.63, 3.8) is 0 Å². The van der Waals surface area contributed by atoms with Gasteiger partial charge < -0.3 is 9.72 Å². The van der Waals surface area contributed by atoms with Gasteiger partial charge in [-0.05, 0) is 36.8 Å². The van der Waals surface area contributed by atoms with Gasteiger partial charge in [-0.2, -0.15) is 0 Å². The van der Waals surface area contributed by atoms with Crippen molar-refractivity contribution >= 4 is 17.2 Å². The molecule has 0 atom stereocenters. The summed E-state index contributed by atoms with van der Waals surface area (Å²) in [5.74, 6) is -0.288. The molecule has 0 fully saturated rings. The Morgan fingerprint density at radius 1 is 1.12 bits per heavy atom. The van der Waals surface area contributed by atoms with Crippen LogP contribution in [-0.4, -0.2) is 30.3 Å². The molecular formula is C18H16N6O. The Morgan fingerprint density at radius 2 is 1.92 bits per heavy atom. The minimum absolute atomic E-state index is 0.280. The van der Waals surface area contributed by atoms with Gasteiger partial charge in [0.05, 0.1) is 11.9 Å². The number of aromatic nitrogens is 5. The number of rotatable bonds is 3. The number of aryl methyl sites for hydroxylation is 2. The second kappa shape index (κ2) is 5.86. The summed E-state index contributed by atoms with van der Waals surface area (Å²) in [7, 11) is 1.72. The fourth-order valence-electron chi connectivity index (χ4n) is 2.59. The number of imidazole rings is 1. The molecule has 25 heavy (non-hydrogen) atoms. The maximum absolute atomic E-state index is 12.1. The normalized spacial score (nSPS) is 11.0. The quantitative estimate of drug-likeness (QED) is 0.626. The molecular weight excluding hydrogens is 316 g/mol. The van der Waals surface area contributed by atoms with Crippen LogP contribution in [0.15, 0.2) is 55.0 Å². The monoisotopic (exact) mass is 332 g/mol. The first-order valence-electron chi connectivity index (χ1n) is 7.82. The van der Waals surface area contributed by atoms with E-state index in [0.717, 1.165) is 16.9 Å². The van der Waals surface area contributed by atoms with Crippen LogP contribution in [0.1, 0.15) is 16.1 Å². The van der Waals surface area contributed by atoms with E-state index in [-0.39, 0.29) is 11.6 Å². The Labute approximate surface area is 143 Å². The second-order valence-corrected chi connectivity index (χ2v) is 5.90. The third-order valence-electron chi connectivity index (χ3n) is 3.89. The van der Waals surface area contributed by atoms with E-state index < -0.39 is 0 Å². The lowest BCUT2D eigenvalue weighted by molar-refractivity contribution is 0.102. The maximum Gasteiger partial charge on any atom is 0.277 e. The van der Waals surface area contributed by atoms with Gasteiger partial charge >= 0.3 is 0 Å². The molecule has 1 amide bonds. The Balaban J connectivity index is 1.55. The first kappa shape index (κ1) is 15.1. The van der Waals surface area contributed by atoms with E-state index in [1.54, 1.807) is 13.2 Å². The number of carbonyl (C=O) groups is 1. The van der Waals surface area contributed by atoms with Crippen LogP contribution < -0.4 is 5.32 Å². The minimum Gasteiger partial charge on any atom is -0.321 e. The van der Waals surface area contributed by atoms with E-state index in [9.17, 15) is 4.79 Å². The van der Waals surface area contributed by atoms with Crippen molar-refractivity contribution in [3.05, 3.63) is 66.2 Å². The van der Waals surface area contributed by atoms with E-state index in [4.69, 9.17) is 0 Å². The molecule has 0 aliphatic heterocycles. The largest absolute Gasteiger partial charge is 0.321 e. The molecule has 0 unspecified atom stereocenters. The maximum atomic E-state index is 12.1. The lowest BCUT2D eigenvalue weighted by atomic mass is 10.1. The minimum atomic E-state index is -0.288. The molecule has 1 N–H and O–H groups in total. The van der Waals surface area contributed by atoms with Crippen LogP contribution in [0.25, 0.3) is 16.9 Å². The number of hydrogen-bond acceptors (Lipinski definition) is 4. The van der Waals surface area contributed by atoms with Crippen LogP contribution >= 0.6 is 0 Å². The number of anilines is 1. The highest BCUT2D eigenvalue weighted by Gasteiger charge is 2.10. The van der Waals surface area contributed by atoms with Crippen LogP contribution in [0.5, 0.6) is 0 Å². The van der Waals surface area contributed by atoms with Crippen molar-refractivity contribution in [1.29, 1.82) is 0 Å². The molecule has 4 rings (SSSR count). The van der Waals surface area contributed by atoms with Crippen LogP contribution in [0.3, 0.4) is 0 Å². The SMILES string of the molecule is Cc1ccn2cc(-c3ccc(NC(=O)c4cn(C)nn4)cc3)nc2c1. The highest BCUT2D eigenvalue weighted by molar-refractivity contribution is 6.02. The van der Waals surface area contributed by atoms with Gasteiger partial charge in [-0.1, -0.05) is 17.3 Å². The van der Waals surface area contributed by atoms with Gasteiger partial charge in [0, 0.05) is 30.7 Å². The molecule has 3 heterocycles. The second-order valence-electron chi connectivity index (χ2n) is 5.90. The van der Waals surface area contributed by atoms with Crippen molar-refractivity contribution < 1.29 is 4.79 Å². The number of benzene rings is 1. The topological polar surface area (TPSA) is 77.1 Å². The standard InChI is InChI=1S/C18H16N6O/c1-12-7-8-24-11-15(20-17(24)9-12)13-3-5-14(6-4-13)19-18(25)16-10-23(2)22-21-16/h3-11H,1-2H3,(H,19,25). The highest BCUT2D eigenvalue weighted by atomic mass is 16.2. The van der Waals surface area contributed by atoms with Gasteiger partial charge in [0.15, 0.2) is 5.69 Å². The van der Waals surface area contributed by atoms with E-state index in [1.165, 1.54) is 10.2 Å². The smallest absolute Gasteiger partial charge is 0.277 e. The molecule has 7 nitrogen and oxygen atoms in total. The molecule has 0 saturated heterocycles. The van der Waals surface area contributed by atoms with Gasteiger partial charge in [-0.3, -0.25) is 9.48 Å². The third-order valence-corrected chi connectivity index (χ3v) is 3.89. The molecule has 3 aromatic heterocycles. The number of nitrogens with one attached hydrogen (secondary N) is 1. The first-order valence-corrected chi connectivity index (χ1v) is 7.82. The van der Waals surface area contributed by atoms with Gasteiger partial charge in [0.2, 0.25) is 0 Å². The van der Waals surface area contributed by atoms with Crippen molar-refractivity contribution in [1.82, 2.24) is 24.4 Å². The predicted octanol–water partition coefficient (Wildman–Crippen LogP) is 2.69. The highest BCUT2D eigenvalue weighted by Crippen LogP contribution is 2.22. The van der Waals surface area contributed by atoms with Crippen molar-refractivity contribution in [2.24, 2.45) is 7.05 Å². The van der Waals surface area contributed by atoms with Gasteiger partial charge in [0.25, 0.3) is 5.91 Å². The third kappa shape index (κ3) is 2.99. The van der Waals surface area contributed by atoms with E-state index >= 15 is 0 Å². The fraction of sp³-hybridized carbons (Fsp3) is 0.111. The zero-order chi connectivity index (χ0) is 17.4. The zero-order valence-electron chi connectivity index (χ0n) is 13.8. The first-order chi connectivity index (χ1) is 12.1. The summed E-state index contributed by atoms with van der Waals surface area (Å²) >= 11 is 0. The van der Waals surface area contributed by atoms with E-state index in [0.29, 0.717) is 5.69 Å². The summed E-state index contributed by atoms with van der Waals surface area (Å²) in [5, 5.41) is 10.4. The molecule has 0 spiro atoms. The van der Waals surface area contributed by atoms with Crippen LogP contribution in [0.4, 0.5) is 5.69 Å². The summed E-state index contributed by atoms with van der Waals surface area (Å²) in [6.45, 7) is 2.04. The molecule has 1 aromatic carbocycles. The fourth-order valence-corrected chi connectivity index (χ4v) is 2.59. The lowest BCUT2D eigenvalue weighted by Crippen LogP contribution is -2.12. The summed E-state index contributed by atoms with van der Waals surface area (Å²) in [6.07, 6.45) is 5.56. The van der Waals surface area contributed by atoms with Gasteiger partial charge in [-0.15, -0.1) is 5.10 Å². The van der Waals surface area contributed by atoms with E-state index in [1.807, 2.05) is 60.1 Å². The molecule has 0 aliphatic rings. The number of hydrogen-bond donors (Lipinski definition) is 1. The number of pyridine rings is 1. The lowest BCUT2D eigenvalue weighted by Gasteiger charge is -2.03. The van der Waals surface area contributed by atoms with Crippen molar-refractivity contribution in [3.8, 4) is 11.3 Å². The number of fused-ring (bicyclic) bond motifs is 1. The zero-order valence-corrected chi connectivity index (χ0v) is 13.8. The molecule has 0 saturated carbocycles. The molecule has 0 radical (unpaired) electrons. The molecule has 0 bridgehead atoms. The Morgan fingerprint density at radius 3 is 2.64 bits per heavy atom.